The fraction of sp³-hybridized carbons (Fsp3) is 0.423. The smallest absolute Gasteiger partial charge is 0.144 e. The van der Waals surface area contributed by atoms with Gasteiger partial charge in [0.25, 0.3) is 0 Å². The van der Waals surface area contributed by atoms with E-state index in [4.69, 9.17) is 9.72 Å². The molecule has 1 fully saturated rings. The lowest BCUT2D eigenvalue weighted by Gasteiger charge is -2.32. The average Bonchev–Trinajstić information content (AvgIpc) is 3.51. The summed E-state index contributed by atoms with van der Waals surface area (Å²) in [5.41, 5.74) is -0.0165. The number of para-hydroxylation sites is 1. The van der Waals surface area contributed by atoms with Crippen LogP contribution in [0.4, 0.5) is 0 Å². The van der Waals surface area contributed by atoms with Gasteiger partial charge in [-0.25, -0.2) is 4.98 Å². The second kappa shape index (κ2) is 10.4. The van der Waals surface area contributed by atoms with Gasteiger partial charge in [0, 0.05) is 24.2 Å². The zero-order chi connectivity index (χ0) is 21.5. The monoisotopic (exact) mass is 436 g/mol. The number of thiazole rings is 1. The Bertz CT molecular complexity index is 925. The Kier molecular flexibility index (Phi) is 7.38. The maximum atomic E-state index is 11.9. The van der Waals surface area contributed by atoms with Crippen LogP contribution < -0.4 is 4.74 Å². The van der Waals surface area contributed by atoms with Crippen LogP contribution in [0.2, 0.25) is 0 Å². The van der Waals surface area contributed by atoms with E-state index in [9.17, 15) is 5.11 Å². The van der Waals surface area contributed by atoms with Crippen LogP contribution in [0.1, 0.15) is 47.6 Å². The summed E-state index contributed by atoms with van der Waals surface area (Å²) in [5.74, 6) is 1.16. The molecule has 0 bridgehead atoms. The molecule has 164 valence electrons. The van der Waals surface area contributed by atoms with E-state index in [1.54, 1.807) is 11.3 Å². The molecule has 0 saturated heterocycles. The molecule has 0 amide bonds. The number of aliphatic hydroxyl groups is 1. The Morgan fingerprint density at radius 1 is 1.06 bits per heavy atom. The molecule has 5 heteroatoms. The molecule has 3 aromatic rings. The minimum absolute atomic E-state index is 0.238. The first-order valence-corrected chi connectivity index (χ1v) is 12.1. The molecule has 1 aliphatic carbocycles. The van der Waals surface area contributed by atoms with Crippen molar-refractivity contribution in [3.05, 3.63) is 82.3 Å². The summed E-state index contributed by atoms with van der Waals surface area (Å²) in [7, 11) is 2.13. The third kappa shape index (κ3) is 5.35. The summed E-state index contributed by atoms with van der Waals surface area (Å²) in [5, 5.41) is 12.7. The number of aromatic nitrogens is 1. The first kappa shape index (κ1) is 22.0. The SMILES string of the molecule is CN(CCCOc1ccccc1)Cc1cnc(C(O)(c2ccccc2)C2CCCC2)s1. The summed E-state index contributed by atoms with van der Waals surface area (Å²) < 4.78 is 5.79. The third-order valence-corrected chi connectivity index (χ3v) is 7.27. The van der Waals surface area contributed by atoms with Gasteiger partial charge in [0.15, 0.2) is 0 Å². The molecule has 1 aromatic heterocycles. The summed E-state index contributed by atoms with van der Waals surface area (Å²) in [6.07, 6.45) is 7.40. The van der Waals surface area contributed by atoms with E-state index >= 15 is 0 Å². The van der Waals surface area contributed by atoms with E-state index in [1.165, 1.54) is 17.7 Å². The van der Waals surface area contributed by atoms with Gasteiger partial charge in [-0.2, -0.15) is 0 Å². The maximum absolute atomic E-state index is 11.9. The second-order valence-electron chi connectivity index (χ2n) is 8.50. The van der Waals surface area contributed by atoms with Crippen molar-refractivity contribution in [1.82, 2.24) is 9.88 Å². The van der Waals surface area contributed by atoms with Crippen molar-refractivity contribution < 1.29 is 9.84 Å². The van der Waals surface area contributed by atoms with Crippen molar-refractivity contribution in [3.8, 4) is 5.75 Å². The second-order valence-corrected chi connectivity index (χ2v) is 9.61. The Morgan fingerprint density at radius 3 is 2.45 bits per heavy atom. The molecule has 1 N–H and O–H groups in total. The lowest BCUT2D eigenvalue weighted by atomic mass is 9.80. The standard InChI is InChI=1S/C26H32N2O2S/c1-28(17-10-18-30-23-15-6-3-7-16-23)20-24-19-27-25(31-24)26(29,22-13-8-9-14-22)21-11-4-2-5-12-21/h2-7,11-12,15-16,19,22,29H,8-10,13-14,17-18,20H2,1H3. The Balaban J connectivity index is 1.37. The zero-order valence-electron chi connectivity index (χ0n) is 18.2. The minimum Gasteiger partial charge on any atom is -0.494 e. The first-order valence-electron chi connectivity index (χ1n) is 11.3. The highest BCUT2D eigenvalue weighted by atomic mass is 32.1. The summed E-state index contributed by atoms with van der Waals surface area (Å²) in [6.45, 7) is 2.49. The molecule has 1 heterocycles. The molecule has 4 rings (SSSR count). The molecular weight excluding hydrogens is 404 g/mol. The summed E-state index contributed by atoms with van der Waals surface area (Å²) in [4.78, 5) is 8.20. The lowest BCUT2D eigenvalue weighted by molar-refractivity contribution is 0.0186. The van der Waals surface area contributed by atoms with E-state index in [1.807, 2.05) is 66.9 Å². The van der Waals surface area contributed by atoms with Crippen LogP contribution in [0.15, 0.2) is 66.9 Å². The average molecular weight is 437 g/mol. The van der Waals surface area contributed by atoms with Crippen LogP contribution in [0.25, 0.3) is 0 Å². The predicted molar refractivity (Wildman–Crippen MR) is 126 cm³/mol. The molecule has 4 nitrogen and oxygen atoms in total. The van der Waals surface area contributed by atoms with Gasteiger partial charge >= 0.3 is 0 Å². The molecule has 1 aliphatic rings. The number of hydrogen-bond donors (Lipinski definition) is 1. The first-order chi connectivity index (χ1) is 15.2. The minimum atomic E-state index is -0.983. The van der Waals surface area contributed by atoms with Crippen molar-refractivity contribution in [1.29, 1.82) is 0 Å². The Morgan fingerprint density at radius 2 is 1.74 bits per heavy atom. The molecule has 0 spiro atoms. The van der Waals surface area contributed by atoms with Gasteiger partial charge in [-0.15, -0.1) is 11.3 Å². The summed E-state index contributed by atoms with van der Waals surface area (Å²) >= 11 is 1.65. The van der Waals surface area contributed by atoms with E-state index in [0.29, 0.717) is 6.61 Å². The van der Waals surface area contributed by atoms with Gasteiger partial charge in [0.2, 0.25) is 0 Å². The number of rotatable bonds is 10. The van der Waals surface area contributed by atoms with Gasteiger partial charge in [-0.3, -0.25) is 0 Å². The zero-order valence-corrected chi connectivity index (χ0v) is 19.1. The third-order valence-electron chi connectivity index (χ3n) is 6.16. The fourth-order valence-corrected chi connectivity index (χ4v) is 5.70. The van der Waals surface area contributed by atoms with Gasteiger partial charge in [-0.05, 0) is 49.9 Å². The number of benzene rings is 2. The van der Waals surface area contributed by atoms with Crippen molar-refractivity contribution in [2.24, 2.45) is 5.92 Å². The van der Waals surface area contributed by atoms with E-state index < -0.39 is 5.60 Å². The number of hydrogen-bond acceptors (Lipinski definition) is 5. The molecule has 1 unspecified atom stereocenters. The van der Waals surface area contributed by atoms with Crippen LogP contribution in [0.3, 0.4) is 0 Å². The highest BCUT2D eigenvalue weighted by Crippen LogP contribution is 2.46. The molecule has 0 aliphatic heterocycles. The summed E-state index contributed by atoms with van der Waals surface area (Å²) in [6, 6.07) is 20.1. The van der Waals surface area contributed by atoms with Crippen LogP contribution in [0, 0.1) is 5.92 Å². The molecular formula is C26H32N2O2S. The highest BCUT2D eigenvalue weighted by molar-refractivity contribution is 7.11. The van der Waals surface area contributed by atoms with E-state index in [-0.39, 0.29) is 5.92 Å². The topological polar surface area (TPSA) is 45.6 Å². The molecule has 0 radical (unpaired) electrons. The van der Waals surface area contributed by atoms with Crippen molar-refractivity contribution in [2.75, 3.05) is 20.2 Å². The van der Waals surface area contributed by atoms with Crippen molar-refractivity contribution in [3.63, 3.8) is 0 Å². The van der Waals surface area contributed by atoms with Crippen LogP contribution in [0.5, 0.6) is 5.75 Å². The van der Waals surface area contributed by atoms with Crippen LogP contribution >= 0.6 is 11.3 Å². The lowest BCUT2D eigenvalue weighted by Crippen LogP contribution is -2.35. The predicted octanol–water partition coefficient (Wildman–Crippen LogP) is 5.47. The molecule has 31 heavy (non-hydrogen) atoms. The van der Waals surface area contributed by atoms with Gasteiger partial charge < -0.3 is 14.7 Å². The van der Waals surface area contributed by atoms with Gasteiger partial charge in [0.05, 0.1) is 6.61 Å². The number of nitrogens with zero attached hydrogens (tertiary/aromatic N) is 2. The van der Waals surface area contributed by atoms with E-state index in [2.05, 4.69) is 11.9 Å². The van der Waals surface area contributed by atoms with Crippen LogP contribution in [-0.2, 0) is 12.1 Å². The normalized spacial score (nSPS) is 16.5. The molecule has 1 saturated carbocycles. The maximum Gasteiger partial charge on any atom is 0.144 e. The van der Waals surface area contributed by atoms with Crippen molar-refractivity contribution in [2.45, 2.75) is 44.2 Å². The largest absolute Gasteiger partial charge is 0.494 e. The van der Waals surface area contributed by atoms with E-state index in [0.717, 1.165) is 48.7 Å². The Hall–Kier alpha value is -2.21. The number of ether oxygens (including phenoxy) is 1. The molecule has 1 atom stereocenters. The van der Waals surface area contributed by atoms with Gasteiger partial charge in [-0.1, -0.05) is 61.4 Å². The van der Waals surface area contributed by atoms with Gasteiger partial charge in [0.1, 0.15) is 16.4 Å². The van der Waals surface area contributed by atoms with Crippen molar-refractivity contribution >= 4 is 11.3 Å². The highest BCUT2D eigenvalue weighted by Gasteiger charge is 2.43. The quantitative estimate of drug-likeness (QED) is 0.428. The van der Waals surface area contributed by atoms with Crippen LogP contribution in [-0.4, -0.2) is 35.2 Å². The Labute approximate surface area is 189 Å². The fourth-order valence-electron chi connectivity index (χ4n) is 4.51. The molecule has 2 aromatic carbocycles.